The van der Waals surface area contributed by atoms with Crippen molar-refractivity contribution in [3.63, 3.8) is 0 Å². The number of nitrogens with two attached hydrogens (primary N) is 1. The number of imidazole rings is 1. The summed E-state index contributed by atoms with van der Waals surface area (Å²) in [6, 6.07) is 0. The number of aromatic nitrogens is 4. The lowest BCUT2D eigenvalue weighted by Crippen LogP contribution is -1.94. The van der Waals surface area contributed by atoms with Gasteiger partial charge in [0.1, 0.15) is 5.03 Å². The van der Waals surface area contributed by atoms with Crippen LogP contribution in [0.4, 0.5) is 5.69 Å². The van der Waals surface area contributed by atoms with Crippen LogP contribution in [0.1, 0.15) is 25.5 Å². The molecule has 0 amide bonds. The molecule has 2 aromatic rings. The highest BCUT2D eigenvalue weighted by Crippen LogP contribution is 2.33. The number of nitrogens with one attached hydrogen (secondary N) is 1. The van der Waals surface area contributed by atoms with Gasteiger partial charge in [0.25, 0.3) is 0 Å². The highest BCUT2D eigenvalue weighted by molar-refractivity contribution is 7.99. The summed E-state index contributed by atoms with van der Waals surface area (Å²) in [6.45, 7) is 4.17. The Bertz CT molecular complexity index is 472. The molecule has 0 aliphatic carbocycles. The quantitative estimate of drug-likeness (QED) is 0.856. The summed E-state index contributed by atoms with van der Waals surface area (Å²) in [4.78, 5) is 7.19. The Morgan fingerprint density at radius 1 is 1.50 bits per heavy atom. The van der Waals surface area contributed by atoms with Gasteiger partial charge in [-0.1, -0.05) is 13.8 Å². The van der Waals surface area contributed by atoms with Crippen LogP contribution in [0.5, 0.6) is 0 Å². The number of nitrogens with zero attached hydrogens (tertiary/aromatic N) is 3. The average Bonchev–Trinajstić information content (AvgIpc) is 2.81. The summed E-state index contributed by atoms with van der Waals surface area (Å²) in [5, 5.41) is 6.17. The maximum atomic E-state index is 6.08. The Labute approximate surface area is 98.4 Å². The van der Waals surface area contributed by atoms with Crippen molar-refractivity contribution in [1.29, 1.82) is 0 Å². The van der Waals surface area contributed by atoms with Crippen molar-refractivity contribution >= 4 is 17.4 Å². The molecule has 16 heavy (non-hydrogen) atoms. The minimum absolute atomic E-state index is 0.331. The summed E-state index contributed by atoms with van der Waals surface area (Å²) in [7, 11) is 1.90. The molecule has 0 spiro atoms. The predicted octanol–water partition coefficient (Wildman–Crippen LogP) is 2.00. The minimum atomic E-state index is 0.331. The second kappa shape index (κ2) is 4.21. The van der Waals surface area contributed by atoms with Gasteiger partial charge in [0.2, 0.25) is 0 Å². The highest BCUT2D eigenvalue weighted by Gasteiger charge is 2.17. The first-order chi connectivity index (χ1) is 7.59. The number of rotatable bonds is 3. The van der Waals surface area contributed by atoms with Gasteiger partial charge in [0.15, 0.2) is 5.16 Å². The van der Waals surface area contributed by atoms with Crippen LogP contribution in [-0.2, 0) is 7.05 Å². The molecule has 2 aromatic heterocycles. The standard InChI is InChI=1S/C10H15N5S/c1-6(2)8-7(11)9(15(3)14-8)16-10-12-4-5-13-10/h4-6H,11H2,1-3H3,(H,12,13). The van der Waals surface area contributed by atoms with Gasteiger partial charge in [0, 0.05) is 19.4 Å². The number of H-pyrrole nitrogens is 1. The van der Waals surface area contributed by atoms with Gasteiger partial charge in [-0.05, 0) is 17.7 Å². The SMILES string of the molecule is CC(C)c1nn(C)c(Sc2ncc[nH]2)c1N. The van der Waals surface area contributed by atoms with Crippen LogP contribution in [0, 0.1) is 0 Å². The fourth-order valence-electron chi connectivity index (χ4n) is 1.49. The molecule has 0 saturated carbocycles. The summed E-state index contributed by atoms with van der Waals surface area (Å²) in [5.41, 5.74) is 7.77. The van der Waals surface area contributed by atoms with Crippen LogP contribution in [0.15, 0.2) is 22.6 Å². The Kier molecular flexibility index (Phi) is 2.91. The molecule has 5 nitrogen and oxygen atoms in total. The third kappa shape index (κ3) is 1.92. The number of nitrogen functional groups attached to an aromatic ring is 1. The molecule has 0 aromatic carbocycles. The van der Waals surface area contributed by atoms with Crippen molar-refractivity contribution in [2.24, 2.45) is 7.05 Å². The first-order valence-electron chi connectivity index (χ1n) is 5.09. The van der Waals surface area contributed by atoms with Crippen LogP contribution < -0.4 is 5.73 Å². The number of aromatic amines is 1. The molecule has 2 heterocycles. The van der Waals surface area contributed by atoms with E-state index in [0.717, 1.165) is 21.6 Å². The molecule has 0 atom stereocenters. The molecule has 86 valence electrons. The maximum absolute atomic E-state index is 6.08. The van der Waals surface area contributed by atoms with E-state index in [1.807, 2.05) is 7.05 Å². The molecule has 2 rings (SSSR count). The molecule has 0 radical (unpaired) electrons. The van der Waals surface area contributed by atoms with Gasteiger partial charge >= 0.3 is 0 Å². The van der Waals surface area contributed by atoms with Crippen molar-refractivity contribution in [2.45, 2.75) is 29.9 Å². The lowest BCUT2D eigenvalue weighted by Gasteiger charge is -2.01. The summed E-state index contributed by atoms with van der Waals surface area (Å²) in [5.74, 6) is 0.331. The van der Waals surface area contributed by atoms with E-state index >= 15 is 0 Å². The fourth-order valence-corrected chi connectivity index (χ4v) is 2.30. The van der Waals surface area contributed by atoms with Crippen LogP contribution >= 0.6 is 11.8 Å². The molecular formula is C10H15N5S. The molecule has 0 aliphatic heterocycles. The van der Waals surface area contributed by atoms with Crippen LogP contribution in [0.3, 0.4) is 0 Å². The zero-order valence-corrected chi connectivity index (χ0v) is 10.4. The third-order valence-corrected chi connectivity index (χ3v) is 3.37. The van der Waals surface area contributed by atoms with Crippen LogP contribution in [0.25, 0.3) is 0 Å². The van der Waals surface area contributed by atoms with E-state index < -0.39 is 0 Å². The lowest BCUT2D eigenvalue weighted by molar-refractivity contribution is 0.670. The molecule has 6 heteroatoms. The average molecular weight is 237 g/mol. The summed E-state index contributed by atoms with van der Waals surface area (Å²) >= 11 is 1.49. The number of hydrogen-bond donors (Lipinski definition) is 2. The predicted molar refractivity (Wildman–Crippen MR) is 64.4 cm³/mol. The molecular weight excluding hydrogens is 222 g/mol. The van der Waals surface area contributed by atoms with E-state index in [0.29, 0.717) is 5.92 Å². The fraction of sp³-hybridized carbons (Fsp3) is 0.400. The second-order valence-electron chi connectivity index (χ2n) is 3.88. The summed E-state index contributed by atoms with van der Waals surface area (Å²) < 4.78 is 1.80. The zero-order valence-electron chi connectivity index (χ0n) is 9.56. The number of anilines is 1. The van der Waals surface area contributed by atoms with Crippen molar-refractivity contribution in [1.82, 2.24) is 19.7 Å². The first kappa shape index (κ1) is 11.1. The Balaban J connectivity index is 2.34. The van der Waals surface area contributed by atoms with Gasteiger partial charge in [-0.3, -0.25) is 4.68 Å². The molecule has 0 bridgehead atoms. The van der Waals surface area contributed by atoms with E-state index in [1.54, 1.807) is 17.1 Å². The Hall–Kier alpha value is -1.43. The van der Waals surface area contributed by atoms with E-state index in [2.05, 4.69) is 28.9 Å². The van der Waals surface area contributed by atoms with Crippen LogP contribution in [-0.4, -0.2) is 19.7 Å². The second-order valence-corrected chi connectivity index (χ2v) is 4.86. The third-order valence-electron chi connectivity index (χ3n) is 2.27. The molecule has 0 aliphatic rings. The van der Waals surface area contributed by atoms with Crippen molar-refractivity contribution in [3.05, 3.63) is 18.1 Å². The first-order valence-corrected chi connectivity index (χ1v) is 5.91. The van der Waals surface area contributed by atoms with E-state index in [-0.39, 0.29) is 0 Å². The topological polar surface area (TPSA) is 72.5 Å². The van der Waals surface area contributed by atoms with Crippen molar-refractivity contribution < 1.29 is 0 Å². The van der Waals surface area contributed by atoms with Crippen LogP contribution in [0.2, 0.25) is 0 Å². The Morgan fingerprint density at radius 2 is 2.25 bits per heavy atom. The zero-order chi connectivity index (χ0) is 11.7. The molecule has 0 saturated heterocycles. The normalized spacial score (nSPS) is 11.2. The lowest BCUT2D eigenvalue weighted by atomic mass is 10.1. The maximum Gasteiger partial charge on any atom is 0.171 e. The molecule has 0 fully saturated rings. The van der Waals surface area contributed by atoms with Gasteiger partial charge in [-0.2, -0.15) is 5.10 Å². The molecule has 3 N–H and O–H groups in total. The van der Waals surface area contributed by atoms with Gasteiger partial charge < -0.3 is 10.7 Å². The van der Waals surface area contributed by atoms with Gasteiger partial charge in [-0.15, -0.1) is 0 Å². The van der Waals surface area contributed by atoms with E-state index in [1.165, 1.54) is 11.8 Å². The molecule has 0 unspecified atom stereocenters. The monoisotopic (exact) mass is 237 g/mol. The van der Waals surface area contributed by atoms with E-state index in [9.17, 15) is 0 Å². The van der Waals surface area contributed by atoms with E-state index in [4.69, 9.17) is 5.73 Å². The minimum Gasteiger partial charge on any atom is -0.395 e. The van der Waals surface area contributed by atoms with Gasteiger partial charge in [-0.25, -0.2) is 4.98 Å². The van der Waals surface area contributed by atoms with Crippen molar-refractivity contribution in [3.8, 4) is 0 Å². The largest absolute Gasteiger partial charge is 0.395 e. The number of aryl methyl sites for hydroxylation is 1. The summed E-state index contributed by atoms with van der Waals surface area (Å²) in [6.07, 6.45) is 3.51. The Morgan fingerprint density at radius 3 is 2.75 bits per heavy atom. The number of hydrogen-bond acceptors (Lipinski definition) is 4. The van der Waals surface area contributed by atoms with Gasteiger partial charge in [0.05, 0.1) is 11.4 Å². The van der Waals surface area contributed by atoms with Crippen molar-refractivity contribution in [2.75, 3.05) is 5.73 Å². The highest BCUT2D eigenvalue weighted by atomic mass is 32.2. The smallest absolute Gasteiger partial charge is 0.171 e.